The fourth-order valence-corrected chi connectivity index (χ4v) is 2.73. The summed E-state index contributed by atoms with van der Waals surface area (Å²) < 4.78 is 7.55. The van der Waals surface area contributed by atoms with E-state index in [1.165, 1.54) is 0 Å². The number of methoxy groups -OCH3 is 1. The molecule has 2 aromatic rings. The number of benzene rings is 1. The number of aryl methyl sites for hydroxylation is 1. The predicted octanol–water partition coefficient (Wildman–Crippen LogP) is 2.43. The van der Waals surface area contributed by atoms with Crippen molar-refractivity contribution >= 4 is 0 Å². The van der Waals surface area contributed by atoms with Gasteiger partial charge in [0.2, 0.25) is 0 Å². The third kappa shape index (κ3) is 2.12. The summed E-state index contributed by atoms with van der Waals surface area (Å²) in [5.74, 6) is 1.99. The molecule has 0 spiro atoms. The van der Waals surface area contributed by atoms with Crippen LogP contribution in [0.3, 0.4) is 0 Å². The SMILES string of the molecule is COc1ccccc1-c1cn2c(n1)C(CO)CCC2. The van der Waals surface area contributed by atoms with Gasteiger partial charge in [0.25, 0.3) is 0 Å². The molecule has 19 heavy (non-hydrogen) atoms. The Morgan fingerprint density at radius 3 is 3.05 bits per heavy atom. The molecule has 3 rings (SSSR count). The molecular weight excluding hydrogens is 240 g/mol. The Morgan fingerprint density at radius 2 is 2.26 bits per heavy atom. The molecule has 1 aliphatic heterocycles. The molecule has 1 aromatic carbocycles. The second-order valence-corrected chi connectivity index (χ2v) is 4.90. The minimum absolute atomic E-state index is 0.164. The van der Waals surface area contributed by atoms with Crippen molar-refractivity contribution in [1.82, 2.24) is 9.55 Å². The number of aliphatic hydroxyl groups excluding tert-OH is 1. The monoisotopic (exact) mass is 258 g/mol. The second kappa shape index (κ2) is 5.05. The molecule has 0 aliphatic carbocycles. The Bertz CT molecular complexity index is 577. The zero-order valence-electron chi connectivity index (χ0n) is 11.0. The van der Waals surface area contributed by atoms with Crippen LogP contribution < -0.4 is 4.74 Å². The van der Waals surface area contributed by atoms with Gasteiger partial charge >= 0.3 is 0 Å². The van der Waals surface area contributed by atoms with Gasteiger partial charge in [-0.2, -0.15) is 0 Å². The lowest BCUT2D eigenvalue weighted by molar-refractivity contribution is 0.238. The van der Waals surface area contributed by atoms with E-state index < -0.39 is 0 Å². The largest absolute Gasteiger partial charge is 0.496 e. The highest BCUT2D eigenvalue weighted by atomic mass is 16.5. The first-order valence-electron chi connectivity index (χ1n) is 6.65. The van der Waals surface area contributed by atoms with Gasteiger partial charge in [-0.05, 0) is 25.0 Å². The van der Waals surface area contributed by atoms with Gasteiger partial charge in [-0.1, -0.05) is 12.1 Å². The molecule has 0 fully saturated rings. The van der Waals surface area contributed by atoms with Crippen LogP contribution in [0, 0.1) is 0 Å². The summed E-state index contributed by atoms with van der Waals surface area (Å²) in [4.78, 5) is 4.70. The van der Waals surface area contributed by atoms with Crippen LogP contribution in [0.1, 0.15) is 24.6 Å². The molecule has 4 nitrogen and oxygen atoms in total. The molecule has 0 saturated heterocycles. The third-order valence-electron chi connectivity index (χ3n) is 3.73. The molecule has 1 unspecified atom stereocenters. The predicted molar refractivity (Wildman–Crippen MR) is 73.3 cm³/mol. The summed E-state index contributed by atoms with van der Waals surface area (Å²) in [5.41, 5.74) is 1.93. The van der Waals surface area contributed by atoms with E-state index >= 15 is 0 Å². The highest BCUT2D eigenvalue weighted by molar-refractivity contribution is 5.66. The molecule has 1 aliphatic rings. The van der Waals surface area contributed by atoms with E-state index in [1.807, 2.05) is 24.3 Å². The summed E-state index contributed by atoms with van der Waals surface area (Å²) >= 11 is 0. The highest BCUT2D eigenvalue weighted by Crippen LogP contribution is 2.33. The van der Waals surface area contributed by atoms with Crippen molar-refractivity contribution < 1.29 is 9.84 Å². The number of fused-ring (bicyclic) bond motifs is 1. The summed E-state index contributed by atoms with van der Waals surface area (Å²) in [6.07, 6.45) is 4.17. The van der Waals surface area contributed by atoms with Crippen molar-refractivity contribution in [3.8, 4) is 17.0 Å². The molecule has 0 amide bonds. The summed E-state index contributed by atoms with van der Waals surface area (Å²) in [6, 6.07) is 7.90. The number of hydrogen-bond donors (Lipinski definition) is 1. The highest BCUT2D eigenvalue weighted by Gasteiger charge is 2.23. The Labute approximate surface area is 112 Å². The average Bonchev–Trinajstić information content (AvgIpc) is 2.90. The number of nitrogens with zero attached hydrogens (tertiary/aromatic N) is 2. The van der Waals surface area contributed by atoms with Crippen LogP contribution >= 0.6 is 0 Å². The molecule has 1 atom stereocenters. The molecule has 100 valence electrons. The van der Waals surface area contributed by atoms with Crippen molar-refractivity contribution in [2.75, 3.05) is 13.7 Å². The quantitative estimate of drug-likeness (QED) is 0.919. The lowest BCUT2D eigenvalue weighted by Gasteiger charge is -2.21. The summed E-state index contributed by atoms with van der Waals surface area (Å²) in [6.45, 7) is 1.15. The van der Waals surface area contributed by atoms with E-state index in [2.05, 4.69) is 10.8 Å². The van der Waals surface area contributed by atoms with Gasteiger partial charge in [0.1, 0.15) is 11.6 Å². The van der Waals surface area contributed by atoms with Crippen molar-refractivity contribution in [3.63, 3.8) is 0 Å². The molecular formula is C15H18N2O2. The van der Waals surface area contributed by atoms with Gasteiger partial charge in [-0.3, -0.25) is 0 Å². The van der Waals surface area contributed by atoms with Gasteiger partial charge in [-0.15, -0.1) is 0 Å². The number of imidazole rings is 1. The first-order chi connectivity index (χ1) is 9.33. The van der Waals surface area contributed by atoms with Crippen LogP contribution in [0.5, 0.6) is 5.75 Å². The minimum atomic E-state index is 0.164. The van der Waals surface area contributed by atoms with Crippen LogP contribution in [0.4, 0.5) is 0 Å². The van der Waals surface area contributed by atoms with Crippen LogP contribution in [-0.4, -0.2) is 28.4 Å². The zero-order valence-corrected chi connectivity index (χ0v) is 11.0. The lowest BCUT2D eigenvalue weighted by atomic mass is 10.0. The topological polar surface area (TPSA) is 47.3 Å². The van der Waals surface area contributed by atoms with E-state index in [4.69, 9.17) is 9.72 Å². The average molecular weight is 258 g/mol. The molecule has 2 heterocycles. The molecule has 0 bridgehead atoms. The Kier molecular flexibility index (Phi) is 3.25. The number of ether oxygens (including phenoxy) is 1. The van der Waals surface area contributed by atoms with Crippen LogP contribution in [0.25, 0.3) is 11.3 Å². The fraction of sp³-hybridized carbons (Fsp3) is 0.400. The molecule has 0 saturated carbocycles. The Balaban J connectivity index is 2.05. The Morgan fingerprint density at radius 1 is 1.42 bits per heavy atom. The van der Waals surface area contributed by atoms with E-state index in [1.54, 1.807) is 7.11 Å². The van der Waals surface area contributed by atoms with Crippen molar-refractivity contribution in [2.24, 2.45) is 0 Å². The normalized spacial score (nSPS) is 18.1. The fourth-order valence-electron chi connectivity index (χ4n) is 2.73. The number of hydrogen-bond acceptors (Lipinski definition) is 3. The van der Waals surface area contributed by atoms with Gasteiger partial charge in [0.05, 0.1) is 19.4 Å². The number of aliphatic hydroxyl groups is 1. The summed E-state index contributed by atoms with van der Waals surface area (Å²) in [7, 11) is 1.67. The van der Waals surface area contributed by atoms with Crippen molar-refractivity contribution in [3.05, 3.63) is 36.3 Å². The van der Waals surface area contributed by atoms with Gasteiger partial charge in [-0.25, -0.2) is 4.98 Å². The summed E-state index contributed by atoms with van der Waals surface area (Å²) in [5, 5.41) is 9.44. The number of rotatable bonds is 3. The van der Waals surface area contributed by atoms with Crippen molar-refractivity contribution in [1.29, 1.82) is 0 Å². The third-order valence-corrected chi connectivity index (χ3v) is 3.73. The van der Waals surface area contributed by atoms with Gasteiger partial charge in [0.15, 0.2) is 0 Å². The molecule has 4 heteroatoms. The molecule has 1 N–H and O–H groups in total. The number of aromatic nitrogens is 2. The number of para-hydroxylation sites is 1. The zero-order chi connectivity index (χ0) is 13.2. The minimum Gasteiger partial charge on any atom is -0.496 e. The van der Waals surface area contributed by atoms with Crippen molar-refractivity contribution in [2.45, 2.75) is 25.3 Å². The van der Waals surface area contributed by atoms with Crippen LogP contribution in [0.15, 0.2) is 30.5 Å². The first-order valence-corrected chi connectivity index (χ1v) is 6.65. The van der Waals surface area contributed by atoms with Gasteiger partial charge in [0, 0.05) is 24.2 Å². The van der Waals surface area contributed by atoms with E-state index in [0.29, 0.717) is 0 Å². The van der Waals surface area contributed by atoms with E-state index in [0.717, 1.165) is 42.2 Å². The lowest BCUT2D eigenvalue weighted by Crippen LogP contribution is -2.18. The van der Waals surface area contributed by atoms with Crippen LogP contribution in [-0.2, 0) is 6.54 Å². The van der Waals surface area contributed by atoms with E-state index in [9.17, 15) is 5.11 Å². The maximum Gasteiger partial charge on any atom is 0.128 e. The Hall–Kier alpha value is -1.81. The first kappa shape index (κ1) is 12.2. The second-order valence-electron chi connectivity index (χ2n) is 4.90. The standard InChI is InChI=1S/C15H18N2O2/c1-19-14-7-3-2-6-12(14)13-9-17-8-4-5-11(10-18)15(17)16-13/h2-3,6-7,9,11,18H,4-5,8,10H2,1H3. The van der Waals surface area contributed by atoms with Gasteiger partial charge < -0.3 is 14.4 Å². The van der Waals surface area contributed by atoms with Crippen LogP contribution in [0.2, 0.25) is 0 Å². The smallest absolute Gasteiger partial charge is 0.128 e. The molecule has 1 aromatic heterocycles. The maximum absolute atomic E-state index is 9.44. The molecule has 0 radical (unpaired) electrons. The van der Waals surface area contributed by atoms with E-state index in [-0.39, 0.29) is 12.5 Å². The maximum atomic E-state index is 9.44.